The average Bonchev–Trinajstić information content (AvgIpc) is 2.73. The third-order valence-corrected chi connectivity index (χ3v) is 6.18. The molecule has 1 fully saturated rings. The first-order valence-corrected chi connectivity index (χ1v) is 10.8. The van der Waals surface area contributed by atoms with Crippen LogP contribution in [0.5, 0.6) is 0 Å². The molecule has 1 saturated heterocycles. The first kappa shape index (κ1) is 19.4. The SMILES string of the molecule is CN1CCN(CCCNc2ccnc3c(Br)cccc23)C(c2ccccc2)C1. The van der Waals surface area contributed by atoms with Crippen molar-refractivity contribution in [2.75, 3.05) is 45.1 Å². The fourth-order valence-electron chi connectivity index (χ4n) is 4.02. The highest BCUT2D eigenvalue weighted by molar-refractivity contribution is 9.10. The van der Waals surface area contributed by atoms with Gasteiger partial charge in [0.2, 0.25) is 0 Å². The largest absolute Gasteiger partial charge is 0.384 e. The summed E-state index contributed by atoms with van der Waals surface area (Å²) in [6, 6.07) is 19.7. The van der Waals surface area contributed by atoms with Crippen molar-refractivity contribution in [3.05, 3.63) is 70.8 Å². The number of para-hydroxylation sites is 1. The molecule has 0 aliphatic carbocycles. The number of fused-ring (bicyclic) bond motifs is 1. The molecule has 5 heteroatoms. The van der Waals surface area contributed by atoms with E-state index in [0.29, 0.717) is 6.04 Å². The highest BCUT2D eigenvalue weighted by Gasteiger charge is 2.25. The minimum atomic E-state index is 0.484. The molecule has 0 amide bonds. The number of hydrogen-bond acceptors (Lipinski definition) is 4. The Morgan fingerprint density at radius 3 is 2.79 bits per heavy atom. The molecule has 4 nitrogen and oxygen atoms in total. The van der Waals surface area contributed by atoms with E-state index in [2.05, 4.69) is 91.6 Å². The van der Waals surface area contributed by atoms with E-state index in [1.807, 2.05) is 12.3 Å². The number of likely N-dealkylation sites (N-methyl/N-ethyl adjacent to an activating group) is 1. The Kier molecular flexibility index (Phi) is 6.25. The van der Waals surface area contributed by atoms with E-state index in [1.165, 1.54) is 10.9 Å². The Bertz CT molecular complexity index is 915. The van der Waals surface area contributed by atoms with E-state index in [0.717, 1.165) is 54.8 Å². The van der Waals surface area contributed by atoms with Gasteiger partial charge in [0.05, 0.1) is 5.52 Å². The Morgan fingerprint density at radius 1 is 1.07 bits per heavy atom. The number of anilines is 1. The van der Waals surface area contributed by atoms with Crippen molar-refractivity contribution in [2.45, 2.75) is 12.5 Å². The molecule has 1 aliphatic rings. The normalized spacial score (nSPS) is 18.4. The molecule has 1 aliphatic heterocycles. The van der Waals surface area contributed by atoms with Crippen molar-refractivity contribution in [2.24, 2.45) is 0 Å². The molecule has 3 aromatic rings. The summed E-state index contributed by atoms with van der Waals surface area (Å²) in [6.07, 6.45) is 2.99. The lowest BCUT2D eigenvalue weighted by Crippen LogP contribution is -2.47. The van der Waals surface area contributed by atoms with Gasteiger partial charge in [-0.25, -0.2) is 0 Å². The van der Waals surface area contributed by atoms with Gasteiger partial charge >= 0.3 is 0 Å². The zero-order valence-corrected chi connectivity index (χ0v) is 17.9. The van der Waals surface area contributed by atoms with E-state index in [1.54, 1.807) is 0 Å². The number of nitrogens with one attached hydrogen (secondary N) is 1. The number of rotatable bonds is 6. The molecule has 2 heterocycles. The monoisotopic (exact) mass is 438 g/mol. The van der Waals surface area contributed by atoms with E-state index in [4.69, 9.17) is 0 Å². The fraction of sp³-hybridized carbons (Fsp3) is 0.348. The van der Waals surface area contributed by atoms with E-state index in [-0.39, 0.29) is 0 Å². The van der Waals surface area contributed by atoms with Crippen LogP contribution in [0.4, 0.5) is 5.69 Å². The maximum atomic E-state index is 4.49. The molecular formula is C23H27BrN4. The lowest BCUT2D eigenvalue weighted by atomic mass is 10.0. The second-order valence-corrected chi connectivity index (χ2v) is 8.35. The van der Waals surface area contributed by atoms with Gasteiger partial charge in [0.15, 0.2) is 0 Å². The van der Waals surface area contributed by atoms with Crippen molar-refractivity contribution in [1.29, 1.82) is 0 Å². The predicted molar refractivity (Wildman–Crippen MR) is 121 cm³/mol. The van der Waals surface area contributed by atoms with Crippen LogP contribution in [0, 0.1) is 0 Å². The molecule has 1 aromatic heterocycles. The summed E-state index contributed by atoms with van der Waals surface area (Å²) in [6.45, 7) is 5.42. The zero-order valence-electron chi connectivity index (χ0n) is 16.3. The van der Waals surface area contributed by atoms with E-state index in [9.17, 15) is 0 Å². The summed E-state index contributed by atoms with van der Waals surface area (Å²) in [5, 5.41) is 4.79. The lowest BCUT2D eigenvalue weighted by Gasteiger charge is -2.40. The maximum Gasteiger partial charge on any atom is 0.0864 e. The summed E-state index contributed by atoms with van der Waals surface area (Å²) in [4.78, 5) is 9.57. The number of halogens is 1. The van der Waals surface area contributed by atoms with Crippen LogP contribution in [0.25, 0.3) is 10.9 Å². The van der Waals surface area contributed by atoms with Gasteiger partial charge in [-0.05, 0) is 47.1 Å². The highest BCUT2D eigenvalue weighted by atomic mass is 79.9. The van der Waals surface area contributed by atoms with Gasteiger partial charge in [0.1, 0.15) is 0 Å². The van der Waals surface area contributed by atoms with Gasteiger partial charge in [-0.3, -0.25) is 9.88 Å². The van der Waals surface area contributed by atoms with Gasteiger partial charge < -0.3 is 10.2 Å². The molecule has 2 aromatic carbocycles. The quantitative estimate of drug-likeness (QED) is 0.560. The number of pyridine rings is 1. The molecule has 0 spiro atoms. The van der Waals surface area contributed by atoms with Crippen LogP contribution in [-0.4, -0.2) is 54.6 Å². The average molecular weight is 439 g/mol. The van der Waals surface area contributed by atoms with Gasteiger partial charge in [0.25, 0.3) is 0 Å². The number of hydrogen-bond donors (Lipinski definition) is 1. The molecule has 1 unspecified atom stereocenters. The lowest BCUT2D eigenvalue weighted by molar-refractivity contribution is 0.0897. The molecule has 4 rings (SSSR count). The van der Waals surface area contributed by atoms with Crippen LogP contribution in [0.1, 0.15) is 18.0 Å². The minimum absolute atomic E-state index is 0.484. The zero-order chi connectivity index (χ0) is 19.3. The van der Waals surface area contributed by atoms with Gasteiger partial charge in [-0.15, -0.1) is 0 Å². The topological polar surface area (TPSA) is 31.4 Å². The minimum Gasteiger partial charge on any atom is -0.384 e. The Hall–Kier alpha value is -1.95. The molecule has 0 bridgehead atoms. The van der Waals surface area contributed by atoms with Crippen LogP contribution in [0.15, 0.2) is 65.3 Å². The van der Waals surface area contributed by atoms with Crippen LogP contribution in [-0.2, 0) is 0 Å². The summed E-state index contributed by atoms with van der Waals surface area (Å²) >= 11 is 3.60. The summed E-state index contributed by atoms with van der Waals surface area (Å²) in [7, 11) is 2.22. The number of aromatic nitrogens is 1. The second kappa shape index (κ2) is 9.03. The number of nitrogens with zero attached hydrogens (tertiary/aromatic N) is 3. The highest BCUT2D eigenvalue weighted by Crippen LogP contribution is 2.28. The van der Waals surface area contributed by atoms with Crippen molar-refractivity contribution < 1.29 is 0 Å². The van der Waals surface area contributed by atoms with E-state index < -0.39 is 0 Å². The maximum absolute atomic E-state index is 4.49. The standard InChI is InChI=1S/C23H27BrN4/c1-27-15-16-28(22(17-27)18-7-3-2-4-8-18)14-6-12-25-21-11-13-26-23-19(21)9-5-10-20(23)24/h2-5,7-11,13,22H,6,12,14-17H2,1H3,(H,25,26). The van der Waals surface area contributed by atoms with Crippen molar-refractivity contribution in [3.63, 3.8) is 0 Å². The van der Waals surface area contributed by atoms with Crippen LogP contribution in [0.3, 0.4) is 0 Å². The molecule has 1 N–H and O–H groups in total. The van der Waals surface area contributed by atoms with Crippen molar-refractivity contribution in [1.82, 2.24) is 14.8 Å². The van der Waals surface area contributed by atoms with Gasteiger partial charge in [0, 0.05) is 60.5 Å². The first-order chi connectivity index (χ1) is 13.7. The summed E-state index contributed by atoms with van der Waals surface area (Å²) in [5.41, 5.74) is 3.59. The smallest absolute Gasteiger partial charge is 0.0864 e. The predicted octanol–water partition coefficient (Wildman–Crippen LogP) is 4.79. The van der Waals surface area contributed by atoms with Gasteiger partial charge in [-0.2, -0.15) is 0 Å². The Balaban J connectivity index is 1.38. The molecular weight excluding hydrogens is 412 g/mol. The molecule has 0 radical (unpaired) electrons. The van der Waals surface area contributed by atoms with Crippen LogP contribution in [0.2, 0.25) is 0 Å². The molecule has 28 heavy (non-hydrogen) atoms. The third kappa shape index (κ3) is 4.37. The Morgan fingerprint density at radius 2 is 1.93 bits per heavy atom. The molecule has 1 atom stereocenters. The molecule has 0 saturated carbocycles. The van der Waals surface area contributed by atoms with Gasteiger partial charge in [-0.1, -0.05) is 42.5 Å². The van der Waals surface area contributed by atoms with Crippen LogP contribution < -0.4 is 5.32 Å². The van der Waals surface area contributed by atoms with Crippen molar-refractivity contribution >= 4 is 32.5 Å². The third-order valence-electron chi connectivity index (χ3n) is 5.54. The fourth-order valence-corrected chi connectivity index (χ4v) is 4.48. The summed E-state index contributed by atoms with van der Waals surface area (Å²) < 4.78 is 1.04. The van der Waals surface area contributed by atoms with E-state index >= 15 is 0 Å². The number of benzene rings is 2. The van der Waals surface area contributed by atoms with Crippen molar-refractivity contribution in [3.8, 4) is 0 Å². The van der Waals surface area contributed by atoms with Crippen LogP contribution >= 0.6 is 15.9 Å². The second-order valence-electron chi connectivity index (χ2n) is 7.50. The Labute approximate surface area is 175 Å². The molecule has 146 valence electrons. The first-order valence-electron chi connectivity index (χ1n) is 9.97. The number of piperazine rings is 1. The summed E-state index contributed by atoms with van der Waals surface area (Å²) in [5.74, 6) is 0.